The third-order valence-corrected chi connectivity index (χ3v) is 1.91. The van der Waals surface area contributed by atoms with Crippen LogP contribution in [0.3, 0.4) is 0 Å². The molecule has 0 spiro atoms. The number of nitrogens with zero attached hydrogens (tertiary/aromatic N) is 2. The van der Waals surface area contributed by atoms with E-state index in [4.69, 9.17) is 10.8 Å². The number of hydrogen-bond donors (Lipinski definition) is 2. The summed E-state index contributed by atoms with van der Waals surface area (Å²) in [5.74, 6) is -0.472. The van der Waals surface area contributed by atoms with Crippen LogP contribution in [0.15, 0.2) is 10.7 Å². The number of nitrogens with two attached hydrogens (primary N) is 1. The van der Waals surface area contributed by atoms with Gasteiger partial charge in [-0.15, -0.1) is 0 Å². The van der Waals surface area contributed by atoms with Crippen molar-refractivity contribution in [3.63, 3.8) is 0 Å². The molecule has 0 atom stereocenters. The van der Waals surface area contributed by atoms with Gasteiger partial charge in [0.1, 0.15) is 0 Å². The number of carboxylic acids is 1. The first-order valence-electron chi connectivity index (χ1n) is 3.30. The number of halogens is 1. The van der Waals surface area contributed by atoms with Crippen molar-refractivity contribution >= 4 is 27.7 Å². The highest BCUT2D eigenvalue weighted by molar-refractivity contribution is 9.10. The van der Waals surface area contributed by atoms with E-state index in [0.717, 1.165) is 0 Å². The Hall–Kier alpha value is -1.04. The number of hydrogen-bond acceptors (Lipinski definition) is 3. The number of aryl methyl sites for hydroxylation is 1. The predicted molar refractivity (Wildman–Crippen MR) is 46.6 cm³/mol. The molecule has 0 fully saturated rings. The van der Waals surface area contributed by atoms with E-state index >= 15 is 0 Å². The molecule has 0 aliphatic carbocycles. The average Bonchev–Trinajstić information content (AvgIpc) is 2.28. The number of aromatic nitrogens is 2. The molecular weight excluding hydrogens is 226 g/mol. The molecule has 0 aliphatic heterocycles. The lowest BCUT2D eigenvalue weighted by atomic mass is 10.4. The van der Waals surface area contributed by atoms with E-state index in [2.05, 4.69) is 21.0 Å². The van der Waals surface area contributed by atoms with Gasteiger partial charge in [-0.1, -0.05) is 0 Å². The maximum Gasteiger partial charge on any atom is 0.305 e. The molecule has 0 saturated carbocycles. The summed E-state index contributed by atoms with van der Waals surface area (Å²) >= 11 is 3.17. The van der Waals surface area contributed by atoms with Crippen molar-refractivity contribution < 1.29 is 9.90 Å². The van der Waals surface area contributed by atoms with Crippen LogP contribution in [0.5, 0.6) is 0 Å². The first kappa shape index (κ1) is 9.05. The van der Waals surface area contributed by atoms with Gasteiger partial charge >= 0.3 is 5.97 Å². The standard InChI is InChI=1S/C6H8BrN3O2/c7-4-3-10(9-6(4)8)2-1-5(11)12/h3H,1-2H2,(H2,8,9)(H,11,12). The second-order valence-electron chi connectivity index (χ2n) is 2.27. The highest BCUT2D eigenvalue weighted by Gasteiger charge is 2.03. The largest absolute Gasteiger partial charge is 0.481 e. The number of anilines is 1. The van der Waals surface area contributed by atoms with Crippen LogP contribution in [-0.2, 0) is 11.3 Å². The van der Waals surface area contributed by atoms with E-state index in [0.29, 0.717) is 16.8 Å². The Kier molecular flexibility index (Phi) is 2.69. The Morgan fingerprint density at radius 1 is 1.83 bits per heavy atom. The van der Waals surface area contributed by atoms with Gasteiger partial charge in [0.2, 0.25) is 0 Å². The van der Waals surface area contributed by atoms with Crippen LogP contribution in [0.1, 0.15) is 6.42 Å². The van der Waals surface area contributed by atoms with E-state index in [1.54, 1.807) is 6.20 Å². The van der Waals surface area contributed by atoms with Crippen molar-refractivity contribution in [3.8, 4) is 0 Å². The fraction of sp³-hybridized carbons (Fsp3) is 0.333. The fourth-order valence-electron chi connectivity index (χ4n) is 0.737. The van der Waals surface area contributed by atoms with Crippen LogP contribution in [0, 0.1) is 0 Å². The van der Waals surface area contributed by atoms with E-state index in [1.807, 2.05) is 0 Å². The lowest BCUT2D eigenvalue weighted by Crippen LogP contribution is -2.05. The fourth-order valence-corrected chi connectivity index (χ4v) is 1.05. The van der Waals surface area contributed by atoms with Crippen LogP contribution in [-0.4, -0.2) is 20.9 Å². The third kappa shape index (κ3) is 2.23. The van der Waals surface area contributed by atoms with Crippen LogP contribution < -0.4 is 5.73 Å². The molecule has 1 heterocycles. The summed E-state index contributed by atoms with van der Waals surface area (Å²) in [6.45, 7) is 0.338. The summed E-state index contributed by atoms with van der Waals surface area (Å²) in [5, 5.41) is 12.2. The van der Waals surface area contributed by atoms with E-state index in [-0.39, 0.29) is 6.42 Å². The highest BCUT2D eigenvalue weighted by Crippen LogP contribution is 2.16. The molecule has 1 aromatic heterocycles. The summed E-state index contributed by atoms with van der Waals surface area (Å²) in [6.07, 6.45) is 1.70. The van der Waals surface area contributed by atoms with Gasteiger partial charge in [-0.05, 0) is 15.9 Å². The quantitative estimate of drug-likeness (QED) is 0.806. The Balaban J connectivity index is 2.58. The molecule has 0 saturated heterocycles. The van der Waals surface area contributed by atoms with E-state index in [1.165, 1.54) is 4.68 Å². The van der Waals surface area contributed by atoms with Gasteiger partial charge in [-0.2, -0.15) is 5.10 Å². The number of nitrogen functional groups attached to an aromatic ring is 1. The van der Waals surface area contributed by atoms with Crippen LogP contribution in [0.2, 0.25) is 0 Å². The molecule has 12 heavy (non-hydrogen) atoms. The minimum atomic E-state index is -0.847. The molecule has 0 aromatic carbocycles. The van der Waals surface area contributed by atoms with E-state index < -0.39 is 5.97 Å². The van der Waals surface area contributed by atoms with Gasteiger partial charge < -0.3 is 10.8 Å². The van der Waals surface area contributed by atoms with Crippen molar-refractivity contribution in [3.05, 3.63) is 10.7 Å². The van der Waals surface area contributed by atoms with Gasteiger partial charge in [0.05, 0.1) is 17.4 Å². The van der Waals surface area contributed by atoms with Crippen molar-refractivity contribution in [2.45, 2.75) is 13.0 Å². The first-order valence-corrected chi connectivity index (χ1v) is 4.09. The smallest absolute Gasteiger partial charge is 0.305 e. The van der Waals surface area contributed by atoms with Crippen molar-refractivity contribution in [2.75, 3.05) is 5.73 Å². The highest BCUT2D eigenvalue weighted by atomic mass is 79.9. The molecule has 0 aliphatic rings. The van der Waals surface area contributed by atoms with Crippen molar-refractivity contribution in [1.29, 1.82) is 0 Å². The Morgan fingerprint density at radius 3 is 2.92 bits per heavy atom. The number of carboxylic acid groups (broad SMARTS) is 1. The summed E-state index contributed by atoms with van der Waals surface area (Å²) in [7, 11) is 0. The normalized spacial score (nSPS) is 10.1. The molecule has 0 unspecified atom stereocenters. The molecule has 1 aromatic rings. The Labute approximate surface area is 77.3 Å². The number of aliphatic carboxylic acids is 1. The Bertz CT molecular complexity index is 277. The zero-order chi connectivity index (χ0) is 9.14. The maximum atomic E-state index is 10.2. The molecular formula is C6H8BrN3O2. The second-order valence-corrected chi connectivity index (χ2v) is 3.12. The summed E-state index contributed by atoms with van der Waals surface area (Å²) in [4.78, 5) is 10.2. The zero-order valence-corrected chi connectivity index (χ0v) is 7.78. The topological polar surface area (TPSA) is 81.1 Å². The summed E-state index contributed by atoms with van der Waals surface area (Å²) in [5.41, 5.74) is 5.42. The molecule has 0 bridgehead atoms. The molecule has 5 nitrogen and oxygen atoms in total. The molecule has 1 rings (SSSR count). The lowest BCUT2D eigenvalue weighted by Gasteiger charge is -1.95. The lowest BCUT2D eigenvalue weighted by molar-refractivity contribution is -0.137. The summed E-state index contributed by atoms with van der Waals surface area (Å²) in [6, 6.07) is 0. The minimum Gasteiger partial charge on any atom is -0.481 e. The van der Waals surface area contributed by atoms with Crippen LogP contribution in [0.25, 0.3) is 0 Å². The second kappa shape index (κ2) is 3.57. The first-order chi connectivity index (χ1) is 5.59. The maximum absolute atomic E-state index is 10.2. The zero-order valence-electron chi connectivity index (χ0n) is 6.20. The SMILES string of the molecule is Nc1nn(CCC(=O)O)cc1Br. The van der Waals surface area contributed by atoms with Gasteiger partial charge in [-0.25, -0.2) is 0 Å². The van der Waals surface area contributed by atoms with Crippen LogP contribution >= 0.6 is 15.9 Å². The molecule has 3 N–H and O–H groups in total. The van der Waals surface area contributed by atoms with Crippen molar-refractivity contribution in [2.24, 2.45) is 0 Å². The third-order valence-electron chi connectivity index (χ3n) is 1.30. The van der Waals surface area contributed by atoms with Gasteiger partial charge in [0.25, 0.3) is 0 Å². The molecule has 66 valence electrons. The molecule has 0 amide bonds. The van der Waals surface area contributed by atoms with E-state index in [9.17, 15) is 4.79 Å². The molecule has 0 radical (unpaired) electrons. The van der Waals surface area contributed by atoms with Gasteiger partial charge in [0, 0.05) is 6.20 Å². The minimum absolute atomic E-state index is 0.0492. The Morgan fingerprint density at radius 2 is 2.50 bits per heavy atom. The van der Waals surface area contributed by atoms with Crippen molar-refractivity contribution in [1.82, 2.24) is 9.78 Å². The number of carbonyl (C=O) groups is 1. The van der Waals surface area contributed by atoms with Crippen LogP contribution in [0.4, 0.5) is 5.82 Å². The summed E-state index contributed by atoms with van der Waals surface area (Å²) < 4.78 is 2.18. The van der Waals surface area contributed by atoms with Gasteiger partial charge in [-0.3, -0.25) is 9.48 Å². The average molecular weight is 234 g/mol. The number of rotatable bonds is 3. The molecule has 6 heteroatoms. The van der Waals surface area contributed by atoms with Gasteiger partial charge in [0.15, 0.2) is 5.82 Å². The predicted octanol–water partition coefficient (Wildman–Crippen LogP) is 0.702. The monoisotopic (exact) mass is 233 g/mol.